The fourth-order valence-electron chi connectivity index (χ4n) is 1.61. The molecule has 0 aromatic heterocycles. The van der Waals surface area contributed by atoms with Gasteiger partial charge in [0.25, 0.3) is 0 Å². The van der Waals surface area contributed by atoms with E-state index in [4.69, 9.17) is 24.7 Å². The summed E-state index contributed by atoms with van der Waals surface area (Å²) in [7, 11) is 4.04. The molecule has 0 aliphatic carbocycles. The highest BCUT2D eigenvalue weighted by Gasteiger charge is 1.98. The van der Waals surface area contributed by atoms with Crippen LogP contribution in [0.2, 0.25) is 0 Å². The molecule has 1 rings (SSSR count). The summed E-state index contributed by atoms with van der Waals surface area (Å²) in [6.07, 6.45) is 0. The molecule has 0 spiro atoms. The predicted octanol–water partition coefficient (Wildman–Crippen LogP) is 1.26. The largest absolute Gasteiger partial charge is 0.489 e. The van der Waals surface area contributed by atoms with Gasteiger partial charge in [-0.25, -0.2) is 0 Å². The van der Waals surface area contributed by atoms with Crippen LogP contribution in [0.1, 0.15) is 0 Å². The molecule has 0 radical (unpaired) electrons. The summed E-state index contributed by atoms with van der Waals surface area (Å²) >= 11 is 0. The van der Waals surface area contributed by atoms with Gasteiger partial charge in [0.2, 0.25) is 0 Å². The minimum absolute atomic E-state index is 0.474. The second-order valence-corrected chi connectivity index (χ2v) is 5.03. The number of benzene rings is 1. The molecule has 0 saturated heterocycles. The lowest BCUT2D eigenvalue weighted by Crippen LogP contribution is -2.19. The molecule has 126 valence electrons. The Morgan fingerprint density at radius 2 is 1.36 bits per heavy atom. The maximum Gasteiger partial charge on any atom is 0.142 e. The third-order valence-corrected chi connectivity index (χ3v) is 2.83. The minimum atomic E-state index is 0.474. The molecule has 1 aromatic carbocycles. The molecular formula is C16H28N2O4. The molecule has 22 heavy (non-hydrogen) atoms. The highest BCUT2D eigenvalue weighted by Crippen LogP contribution is 2.19. The van der Waals surface area contributed by atoms with Crippen LogP contribution in [-0.4, -0.2) is 71.8 Å². The quantitative estimate of drug-likeness (QED) is 0.437. The number of hydrogen-bond donors (Lipinski definition) is 1. The van der Waals surface area contributed by atoms with Gasteiger partial charge in [0, 0.05) is 6.54 Å². The SMILES string of the molecule is CN(C)CCOCCOCCOCCOc1ccccc1N. The fourth-order valence-corrected chi connectivity index (χ4v) is 1.61. The zero-order chi connectivity index (χ0) is 16.0. The van der Waals surface area contributed by atoms with Crippen LogP contribution in [-0.2, 0) is 14.2 Å². The fraction of sp³-hybridized carbons (Fsp3) is 0.625. The first kappa shape index (κ1) is 18.7. The van der Waals surface area contributed by atoms with Crippen molar-refractivity contribution >= 4 is 5.69 Å². The molecule has 0 aliphatic heterocycles. The number of ether oxygens (including phenoxy) is 4. The van der Waals surface area contributed by atoms with E-state index in [0.29, 0.717) is 51.1 Å². The standard InChI is InChI=1S/C16H28N2O4/c1-18(2)7-8-19-9-10-20-11-12-21-13-14-22-16-6-4-3-5-15(16)17/h3-6H,7-14,17H2,1-2H3. The van der Waals surface area contributed by atoms with E-state index in [1.165, 1.54) is 0 Å². The van der Waals surface area contributed by atoms with E-state index in [-0.39, 0.29) is 0 Å². The summed E-state index contributed by atoms with van der Waals surface area (Å²) in [6.45, 7) is 4.95. The summed E-state index contributed by atoms with van der Waals surface area (Å²) in [6, 6.07) is 7.42. The normalized spacial score (nSPS) is 11.0. The second kappa shape index (κ2) is 12.2. The molecule has 0 amide bonds. The molecular weight excluding hydrogens is 284 g/mol. The highest BCUT2D eigenvalue weighted by atomic mass is 16.6. The number of anilines is 1. The number of nitrogens with two attached hydrogens (primary N) is 1. The number of rotatable bonds is 13. The monoisotopic (exact) mass is 312 g/mol. The van der Waals surface area contributed by atoms with Crippen molar-refractivity contribution in [2.45, 2.75) is 0 Å². The molecule has 0 saturated carbocycles. The lowest BCUT2D eigenvalue weighted by molar-refractivity contribution is 0.00757. The average molecular weight is 312 g/mol. The van der Waals surface area contributed by atoms with Crippen LogP contribution in [0.4, 0.5) is 5.69 Å². The third kappa shape index (κ3) is 9.57. The van der Waals surface area contributed by atoms with E-state index >= 15 is 0 Å². The number of para-hydroxylation sites is 2. The van der Waals surface area contributed by atoms with Gasteiger partial charge in [-0.3, -0.25) is 0 Å². The Kier molecular flexibility index (Phi) is 10.4. The molecule has 0 atom stereocenters. The number of nitrogens with zero attached hydrogens (tertiary/aromatic N) is 1. The number of hydrogen-bond acceptors (Lipinski definition) is 6. The van der Waals surface area contributed by atoms with Crippen molar-refractivity contribution in [3.05, 3.63) is 24.3 Å². The second-order valence-electron chi connectivity index (χ2n) is 5.03. The van der Waals surface area contributed by atoms with Crippen molar-refractivity contribution in [2.24, 2.45) is 0 Å². The molecule has 0 unspecified atom stereocenters. The van der Waals surface area contributed by atoms with Crippen molar-refractivity contribution in [3.8, 4) is 5.75 Å². The number of nitrogen functional groups attached to an aromatic ring is 1. The van der Waals surface area contributed by atoms with Crippen LogP contribution in [0.15, 0.2) is 24.3 Å². The maximum atomic E-state index is 5.77. The number of likely N-dealkylation sites (N-methyl/N-ethyl adjacent to an activating group) is 1. The van der Waals surface area contributed by atoms with Gasteiger partial charge < -0.3 is 29.6 Å². The summed E-state index contributed by atoms with van der Waals surface area (Å²) in [5, 5.41) is 0. The van der Waals surface area contributed by atoms with Gasteiger partial charge in [-0.2, -0.15) is 0 Å². The highest BCUT2D eigenvalue weighted by molar-refractivity contribution is 5.51. The zero-order valence-corrected chi connectivity index (χ0v) is 13.6. The smallest absolute Gasteiger partial charge is 0.142 e. The summed E-state index contributed by atoms with van der Waals surface area (Å²) in [4.78, 5) is 2.08. The summed E-state index contributed by atoms with van der Waals surface area (Å²) < 4.78 is 21.7. The van der Waals surface area contributed by atoms with Crippen LogP contribution in [0.3, 0.4) is 0 Å². The molecule has 6 heteroatoms. The average Bonchev–Trinajstić information content (AvgIpc) is 2.49. The Bertz CT molecular complexity index is 388. The van der Waals surface area contributed by atoms with Gasteiger partial charge in [-0.05, 0) is 26.2 Å². The third-order valence-electron chi connectivity index (χ3n) is 2.83. The summed E-state index contributed by atoms with van der Waals surface area (Å²) in [5.41, 5.74) is 6.41. The van der Waals surface area contributed by atoms with Crippen molar-refractivity contribution in [1.82, 2.24) is 4.90 Å². The Balaban J connectivity index is 1.83. The van der Waals surface area contributed by atoms with E-state index in [1.807, 2.05) is 38.4 Å². The van der Waals surface area contributed by atoms with E-state index in [1.54, 1.807) is 0 Å². The molecule has 6 nitrogen and oxygen atoms in total. The Hall–Kier alpha value is -1.34. The zero-order valence-electron chi connectivity index (χ0n) is 13.6. The van der Waals surface area contributed by atoms with Gasteiger partial charge in [0.05, 0.1) is 45.3 Å². The molecule has 0 bridgehead atoms. The Labute approximate surface area is 133 Å². The van der Waals surface area contributed by atoms with E-state index < -0.39 is 0 Å². The lowest BCUT2D eigenvalue weighted by atomic mass is 10.3. The van der Waals surface area contributed by atoms with Crippen molar-refractivity contribution in [1.29, 1.82) is 0 Å². The van der Waals surface area contributed by atoms with Crippen LogP contribution in [0, 0.1) is 0 Å². The maximum absolute atomic E-state index is 5.77. The van der Waals surface area contributed by atoms with Gasteiger partial charge in [-0.1, -0.05) is 12.1 Å². The van der Waals surface area contributed by atoms with Crippen molar-refractivity contribution in [3.63, 3.8) is 0 Å². The first-order chi connectivity index (χ1) is 10.7. The molecule has 2 N–H and O–H groups in total. The van der Waals surface area contributed by atoms with Crippen molar-refractivity contribution < 1.29 is 18.9 Å². The Morgan fingerprint density at radius 3 is 1.95 bits per heavy atom. The van der Waals surface area contributed by atoms with Crippen molar-refractivity contribution in [2.75, 3.05) is 72.6 Å². The van der Waals surface area contributed by atoms with Crippen LogP contribution >= 0.6 is 0 Å². The molecule has 1 aromatic rings. The van der Waals surface area contributed by atoms with Crippen LogP contribution < -0.4 is 10.5 Å². The van der Waals surface area contributed by atoms with Gasteiger partial charge in [0.15, 0.2) is 0 Å². The molecule has 0 heterocycles. The minimum Gasteiger partial charge on any atom is -0.489 e. The van der Waals surface area contributed by atoms with Gasteiger partial charge >= 0.3 is 0 Å². The van der Waals surface area contributed by atoms with Crippen LogP contribution in [0.25, 0.3) is 0 Å². The summed E-state index contributed by atoms with van der Waals surface area (Å²) in [5.74, 6) is 0.692. The predicted molar refractivity (Wildman–Crippen MR) is 87.4 cm³/mol. The van der Waals surface area contributed by atoms with E-state index in [9.17, 15) is 0 Å². The Morgan fingerprint density at radius 1 is 0.818 bits per heavy atom. The van der Waals surface area contributed by atoms with E-state index in [0.717, 1.165) is 13.2 Å². The van der Waals surface area contributed by atoms with E-state index in [2.05, 4.69) is 4.90 Å². The van der Waals surface area contributed by atoms with Gasteiger partial charge in [-0.15, -0.1) is 0 Å². The van der Waals surface area contributed by atoms with Crippen LogP contribution in [0.5, 0.6) is 5.75 Å². The first-order valence-corrected chi connectivity index (χ1v) is 7.55. The topological polar surface area (TPSA) is 66.2 Å². The first-order valence-electron chi connectivity index (χ1n) is 7.55. The lowest BCUT2D eigenvalue weighted by Gasteiger charge is -2.10. The molecule has 0 aliphatic rings. The van der Waals surface area contributed by atoms with Gasteiger partial charge in [0.1, 0.15) is 12.4 Å². The molecule has 0 fully saturated rings.